The standard InChI is InChI=1S/C14H14N4O2/c1-9-5-13(16)18-14(17-9)8-20-11-4-3-10(7-15)6-12(11)19-2/h3-6H,8H2,1-2H3,(H2,16,17,18). The van der Waals surface area contributed by atoms with Gasteiger partial charge in [0.1, 0.15) is 12.4 Å². The molecule has 0 unspecified atom stereocenters. The molecule has 0 radical (unpaired) electrons. The zero-order valence-corrected chi connectivity index (χ0v) is 11.3. The van der Waals surface area contributed by atoms with Gasteiger partial charge in [-0.25, -0.2) is 9.97 Å². The minimum atomic E-state index is 0.175. The van der Waals surface area contributed by atoms with Gasteiger partial charge in [0.15, 0.2) is 17.3 Å². The number of aromatic nitrogens is 2. The summed E-state index contributed by atoms with van der Waals surface area (Å²) in [5.41, 5.74) is 6.94. The van der Waals surface area contributed by atoms with Crippen LogP contribution in [-0.2, 0) is 6.61 Å². The second-order valence-corrected chi connectivity index (χ2v) is 4.12. The number of nitrogens with zero attached hydrogens (tertiary/aromatic N) is 3. The number of anilines is 1. The summed E-state index contributed by atoms with van der Waals surface area (Å²) in [7, 11) is 1.52. The first-order chi connectivity index (χ1) is 9.62. The zero-order chi connectivity index (χ0) is 14.5. The highest BCUT2D eigenvalue weighted by Crippen LogP contribution is 2.28. The van der Waals surface area contributed by atoms with Gasteiger partial charge in [0.25, 0.3) is 0 Å². The molecule has 2 rings (SSSR count). The Labute approximate surface area is 116 Å². The highest BCUT2D eigenvalue weighted by molar-refractivity contribution is 5.46. The number of nitrogens with two attached hydrogens (primary N) is 1. The molecule has 0 spiro atoms. The topological polar surface area (TPSA) is 94.0 Å². The summed E-state index contributed by atoms with van der Waals surface area (Å²) >= 11 is 0. The molecule has 1 aromatic carbocycles. The van der Waals surface area contributed by atoms with Gasteiger partial charge in [-0.15, -0.1) is 0 Å². The number of aryl methyl sites for hydroxylation is 1. The van der Waals surface area contributed by atoms with Crippen molar-refractivity contribution in [2.45, 2.75) is 13.5 Å². The van der Waals surface area contributed by atoms with Gasteiger partial charge in [0.05, 0.1) is 18.7 Å². The average molecular weight is 270 g/mol. The predicted molar refractivity (Wildman–Crippen MR) is 73.2 cm³/mol. The fraction of sp³-hybridized carbons (Fsp3) is 0.214. The van der Waals surface area contributed by atoms with E-state index in [2.05, 4.69) is 9.97 Å². The molecule has 20 heavy (non-hydrogen) atoms. The van der Waals surface area contributed by atoms with Crippen LogP contribution < -0.4 is 15.2 Å². The normalized spacial score (nSPS) is 9.85. The maximum absolute atomic E-state index is 8.84. The Morgan fingerprint density at radius 2 is 2.05 bits per heavy atom. The van der Waals surface area contributed by atoms with Gasteiger partial charge in [0, 0.05) is 17.8 Å². The van der Waals surface area contributed by atoms with Gasteiger partial charge in [0.2, 0.25) is 0 Å². The fourth-order valence-corrected chi connectivity index (χ4v) is 1.72. The van der Waals surface area contributed by atoms with E-state index < -0.39 is 0 Å². The van der Waals surface area contributed by atoms with Crippen molar-refractivity contribution in [3.8, 4) is 17.6 Å². The van der Waals surface area contributed by atoms with Crippen molar-refractivity contribution in [3.05, 3.63) is 41.3 Å². The molecular formula is C14H14N4O2. The summed E-state index contributed by atoms with van der Waals surface area (Å²) in [4.78, 5) is 8.32. The monoisotopic (exact) mass is 270 g/mol. The number of rotatable bonds is 4. The largest absolute Gasteiger partial charge is 0.493 e. The third kappa shape index (κ3) is 3.14. The number of methoxy groups -OCH3 is 1. The van der Waals surface area contributed by atoms with Gasteiger partial charge in [-0.3, -0.25) is 0 Å². The maximum Gasteiger partial charge on any atom is 0.168 e. The number of ether oxygens (including phenoxy) is 2. The lowest BCUT2D eigenvalue weighted by Gasteiger charge is -2.10. The van der Waals surface area contributed by atoms with Crippen molar-refractivity contribution in [3.63, 3.8) is 0 Å². The highest BCUT2D eigenvalue weighted by atomic mass is 16.5. The molecule has 0 amide bonds. The van der Waals surface area contributed by atoms with E-state index >= 15 is 0 Å². The van der Waals surface area contributed by atoms with Crippen LogP contribution in [0.5, 0.6) is 11.5 Å². The first-order valence-electron chi connectivity index (χ1n) is 5.93. The van der Waals surface area contributed by atoms with Gasteiger partial charge in [-0.1, -0.05) is 0 Å². The molecule has 2 aromatic rings. The zero-order valence-electron chi connectivity index (χ0n) is 11.3. The Morgan fingerprint density at radius 3 is 2.70 bits per heavy atom. The van der Waals surface area contributed by atoms with E-state index in [4.69, 9.17) is 20.5 Å². The minimum absolute atomic E-state index is 0.175. The molecule has 2 N–H and O–H groups in total. The second-order valence-electron chi connectivity index (χ2n) is 4.12. The third-order valence-corrected chi connectivity index (χ3v) is 2.57. The lowest BCUT2D eigenvalue weighted by molar-refractivity contribution is 0.276. The summed E-state index contributed by atoms with van der Waals surface area (Å²) < 4.78 is 10.8. The van der Waals surface area contributed by atoms with Crippen LogP contribution in [0.4, 0.5) is 5.82 Å². The molecule has 6 nitrogen and oxygen atoms in total. The Kier molecular flexibility index (Phi) is 4.01. The van der Waals surface area contributed by atoms with E-state index in [9.17, 15) is 0 Å². The molecule has 0 saturated heterocycles. The number of benzene rings is 1. The summed E-state index contributed by atoms with van der Waals surface area (Å²) in [5, 5.41) is 8.84. The second kappa shape index (κ2) is 5.89. The third-order valence-electron chi connectivity index (χ3n) is 2.57. The van der Waals surface area contributed by atoms with E-state index in [0.717, 1.165) is 5.69 Å². The Bertz CT molecular complexity index is 644. The average Bonchev–Trinajstić information content (AvgIpc) is 2.44. The van der Waals surface area contributed by atoms with E-state index in [0.29, 0.717) is 28.7 Å². The summed E-state index contributed by atoms with van der Waals surface area (Å²) in [6, 6.07) is 8.67. The van der Waals surface area contributed by atoms with Crippen molar-refractivity contribution in [1.29, 1.82) is 5.26 Å². The van der Waals surface area contributed by atoms with E-state index in [1.165, 1.54) is 7.11 Å². The van der Waals surface area contributed by atoms with Crippen molar-refractivity contribution in [2.75, 3.05) is 12.8 Å². The summed E-state index contributed by atoms with van der Waals surface area (Å²) in [6.45, 7) is 2.01. The summed E-state index contributed by atoms with van der Waals surface area (Å²) in [6.07, 6.45) is 0. The van der Waals surface area contributed by atoms with Gasteiger partial charge in [-0.05, 0) is 19.1 Å². The van der Waals surface area contributed by atoms with Crippen LogP contribution in [-0.4, -0.2) is 17.1 Å². The lowest BCUT2D eigenvalue weighted by atomic mass is 10.2. The quantitative estimate of drug-likeness (QED) is 0.910. The van der Waals surface area contributed by atoms with Crippen LogP contribution >= 0.6 is 0 Å². The van der Waals surface area contributed by atoms with E-state index in [1.807, 2.05) is 13.0 Å². The summed E-state index contributed by atoms with van der Waals surface area (Å²) in [5.74, 6) is 1.91. The molecule has 0 atom stereocenters. The first kappa shape index (κ1) is 13.6. The first-order valence-corrected chi connectivity index (χ1v) is 5.93. The van der Waals surface area contributed by atoms with Crippen molar-refractivity contribution in [1.82, 2.24) is 9.97 Å². The smallest absolute Gasteiger partial charge is 0.168 e. The molecule has 0 aliphatic heterocycles. The van der Waals surface area contributed by atoms with Crippen molar-refractivity contribution < 1.29 is 9.47 Å². The number of nitriles is 1. The Morgan fingerprint density at radius 1 is 1.25 bits per heavy atom. The highest BCUT2D eigenvalue weighted by Gasteiger charge is 2.07. The molecule has 6 heteroatoms. The predicted octanol–water partition coefficient (Wildman–Crippen LogP) is 1.83. The van der Waals surface area contributed by atoms with Crippen LogP contribution in [0, 0.1) is 18.3 Å². The molecule has 0 aliphatic rings. The van der Waals surface area contributed by atoms with Crippen molar-refractivity contribution in [2.24, 2.45) is 0 Å². The molecule has 1 heterocycles. The lowest BCUT2D eigenvalue weighted by Crippen LogP contribution is -2.05. The van der Waals surface area contributed by atoms with Crippen LogP contribution in [0.1, 0.15) is 17.1 Å². The Balaban J connectivity index is 2.16. The van der Waals surface area contributed by atoms with Crippen LogP contribution in [0.15, 0.2) is 24.3 Å². The molecular weight excluding hydrogens is 256 g/mol. The van der Waals surface area contributed by atoms with Crippen LogP contribution in [0.25, 0.3) is 0 Å². The van der Waals surface area contributed by atoms with E-state index in [1.54, 1.807) is 24.3 Å². The van der Waals surface area contributed by atoms with Crippen LogP contribution in [0.2, 0.25) is 0 Å². The van der Waals surface area contributed by atoms with E-state index in [-0.39, 0.29) is 6.61 Å². The van der Waals surface area contributed by atoms with Gasteiger partial charge >= 0.3 is 0 Å². The SMILES string of the molecule is COc1cc(C#N)ccc1OCc1nc(C)cc(N)n1. The maximum atomic E-state index is 8.84. The number of hydrogen-bond donors (Lipinski definition) is 1. The molecule has 102 valence electrons. The Hall–Kier alpha value is -2.81. The number of nitrogen functional groups attached to an aromatic ring is 1. The molecule has 0 bridgehead atoms. The molecule has 0 saturated carbocycles. The molecule has 0 fully saturated rings. The van der Waals surface area contributed by atoms with Gasteiger partial charge < -0.3 is 15.2 Å². The molecule has 0 aliphatic carbocycles. The van der Waals surface area contributed by atoms with Gasteiger partial charge in [-0.2, -0.15) is 5.26 Å². The van der Waals surface area contributed by atoms with Crippen molar-refractivity contribution >= 4 is 5.82 Å². The van der Waals surface area contributed by atoms with Crippen LogP contribution in [0.3, 0.4) is 0 Å². The minimum Gasteiger partial charge on any atom is -0.493 e. The number of hydrogen-bond acceptors (Lipinski definition) is 6. The fourth-order valence-electron chi connectivity index (χ4n) is 1.72. The molecule has 1 aromatic heterocycles.